The highest BCUT2D eigenvalue weighted by atomic mass is 16.5. The maximum atomic E-state index is 11.9. The summed E-state index contributed by atoms with van der Waals surface area (Å²) in [7, 11) is 1.38. The van der Waals surface area contributed by atoms with Gasteiger partial charge in [0, 0.05) is 12.1 Å². The van der Waals surface area contributed by atoms with Gasteiger partial charge in [-0.15, -0.1) is 0 Å². The number of rotatable bonds is 4. The van der Waals surface area contributed by atoms with Crippen LogP contribution < -0.4 is 5.32 Å². The molecule has 2 atom stereocenters. The fourth-order valence-electron chi connectivity index (χ4n) is 2.49. The first-order valence-electron chi connectivity index (χ1n) is 6.47. The molecule has 1 aliphatic rings. The van der Waals surface area contributed by atoms with Gasteiger partial charge in [0.2, 0.25) is 5.91 Å². The molecule has 0 saturated heterocycles. The molecule has 0 aliphatic heterocycles. The summed E-state index contributed by atoms with van der Waals surface area (Å²) in [4.78, 5) is 23.6. The molecule has 1 heterocycles. The van der Waals surface area contributed by atoms with E-state index in [0.29, 0.717) is 5.69 Å². The molecule has 0 spiro atoms. The standard InChI is InChI=1S/C13H18N2O4/c1-18-13(17)10-4-2-3-5-11(10)14-12(16)8-9-6-7-19-15-9/h6-7,10-11H,2-5,8H2,1H3,(H,14,16)/t10-,11-/m0/s1. The third-order valence-corrected chi connectivity index (χ3v) is 3.45. The zero-order valence-electron chi connectivity index (χ0n) is 10.9. The van der Waals surface area contributed by atoms with E-state index < -0.39 is 0 Å². The van der Waals surface area contributed by atoms with Crippen LogP contribution in [0.15, 0.2) is 16.9 Å². The smallest absolute Gasteiger partial charge is 0.310 e. The molecule has 0 bridgehead atoms. The van der Waals surface area contributed by atoms with Crippen LogP contribution in [0.25, 0.3) is 0 Å². The number of hydrogen-bond acceptors (Lipinski definition) is 5. The summed E-state index contributed by atoms with van der Waals surface area (Å²) in [6.07, 6.45) is 5.19. The van der Waals surface area contributed by atoms with Gasteiger partial charge in [0.25, 0.3) is 0 Å². The average Bonchev–Trinajstić information content (AvgIpc) is 2.91. The van der Waals surface area contributed by atoms with Crippen molar-refractivity contribution in [1.82, 2.24) is 10.5 Å². The minimum atomic E-state index is -0.244. The Morgan fingerprint density at radius 3 is 2.95 bits per heavy atom. The van der Waals surface area contributed by atoms with Crippen LogP contribution in [0.4, 0.5) is 0 Å². The number of methoxy groups -OCH3 is 1. The topological polar surface area (TPSA) is 81.4 Å². The van der Waals surface area contributed by atoms with Crippen molar-refractivity contribution in [2.45, 2.75) is 38.1 Å². The lowest BCUT2D eigenvalue weighted by Crippen LogP contribution is -2.46. The lowest BCUT2D eigenvalue weighted by molar-refractivity contribution is -0.147. The van der Waals surface area contributed by atoms with Crippen LogP contribution in [-0.2, 0) is 20.7 Å². The summed E-state index contributed by atoms with van der Waals surface area (Å²) in [6, 6.07) is 1.51. The summed E-state index contributed by atoms with van der Waals surface area (Å²) in [5.74, 6) is -0.624. The largest absolute Gasteiger partial charge is 0.469 e. The number of carbonyl (C=O) groups is 2. The van der Waals surface area contributed by atoms with E-state index in [0.717, 1.165) is 25.7 Å². The summed E-state index contributed by atoms with van der Waals surface area (Å²) in [5.41, 5.74) is 0.586. The van der Waals surface area contributed by atoms with Crippen molar-refractivity contribution in [3.8, 4) is 0 Å². The number of amides is 1. The molecule has 2 rings (SSSR count). The second-order valence-corrected chi connectivity index (χ2v) is 4.76. The Morgan fingerprint density at radius 2 is 2.26 bits per heavy atom. The predicted molar refractivity (Wildman–Crippen MR) is 66.1 cm³/mol. The minimum Gasteiger partial charge on any atom is -0.469 e. The van der Waals surface area contributed by atoms with Crippen LogP contribution in [0.5, 0.6) is 0 Å². The fraction of sp³-hybridized carbons (Fsp3) is 0.615. The predicted octanol–water partition coefficient (Wildman–Crippen LogP) is 1.07. The Labute approximate surface area is 111 Å². The van der Waals surface area contributed by atoms with Crippen molar-refractivity contribution in [1.29, 1.82) is 0 Å². The van der Waals surface area contributed by atoms with Crippen molar-refractivity contribution >= 4 is 11.9 Å². The van der Waals surface area contributed by atoms with Gasteiger partial charge in [-0.2, -0.15) is 0 Å². The fourth-order valence-corrected chi connectivity index (χ4v) is 2.49. The Bertz CT molecular complexity index is 430. The molecule has 6 nitrogen and oxygen atoms in total. The molecule has 1 N–H and O–H groups in total. The summed E-state index contributed by atoms with van der Waals surface area (Å²) < 4.78 is 9.47. The zero-order chi connectivity index (χ0) is 13.7. The Balaban J connectivity index is 1.91. The second kappa shape index (κ2) is 6.36. The van der Waals surface area contributed by atoms with Gasteiger partial charge in [0.15, 0.2) is 0 Å². The van der Waals surface area contributed by atoms with Gasteiger partial charge in [0.05, 0.1) is 25.1 Å². The highest BCUT2D eigenvalue weighted by molar-refractivity contribution is 5.80. The van der Waals surface area contributed by atoms with E-state index in [9.17, 15) is 9.59 Å². The molecule has 1 aliphatic carbocycles. The molecule has 104 valence electrons. The van der Waals surface area contributed by atoms with Gasteiger partial charge >= 0.3 is 5.97 Å². The van der Waals surface area contributed by atoms with E-state index in [1.54, 1.807) is 6.07 Å². The van der Waals surface area contributed by atoms with Crippen LogP contribution in [0, 0.1) is 5.92 Å². The molecule has 0 unspecified atom stereocenters. The van der Waals surface area contributed by atoms with E-state index in [4.69, 9.17) is 4.74 Å². The lowest BCUT2D eigenvalue weighted by Gasteiger charge is -2.30. The molecule has 1 amide bonds. The third-order valence-electron chi connectivity index (χ3n) is 3.45. The van der Waals surface area contributed by atoms with Crippen molar-refractivity contribution in [2.24, 2.45) is 5.92 Å². The van der Waals surface area contributed by atoms with E-state index in [-0.39, 0.29) is 30.3 Å². The van der Waals surface area contributed by atoms with Crippen LogP contribution in [0.1, 0.15) is 31.4 Å². The maximum absolute atomic E-state index is 11.9. The Hall–Kier alpha value is -1.85. The number of nitrogens with one attached hydrogen (secondary N) is 1. The van der Waals surface area contributed by atoms with E-state index in [1.165, 1.54) is 13.4 Å². The number of nitrogens with zero attached hydrogens (tertiary/aromatic N) is 1. The van der Waals surface area contributed by atoms with Crippen molar-refractivity contribution in [3.05, 3.63) is 18.0 Å². The zero-order valence-corrected chi connectivity index (χ0v) is 10.9. The molecular weight excluding hydrogens is 248 g/mol. The van der Waals surface area contributed by atoms with Crippen LogP contribution in [0.2, 0.25) is 0 Å². The normalized spacial score (nSPS) is 22.8. The molecular formula is C13H18N2O4. The molecule has 19 heavy (non-hydrogen) atoms. The Morgan fingerprint density at radius 1 is 1.47 bits per heavy atom. The summed E-state index contributed by atoms with van der Waals surface area (Å²) >= 11 is 0. The number of aromatic nitrogens is 1. The Kier molecular flexibility index (Phi) is 4.54. The third kappa shape index (κ3) is 3.56. The first-order chi connectivity index (χ1) is 9.20. The van der Waals surface area contributed by atoms with Crippen molar-refractivity contribution in [3.63, 3.8) is 0 Å². The van der Waals surface area contributed by atoms with E-state index in [2.05, 4.69) is 15.0 Å². The van der Waals surface area contributed by atoms with E-state index >= 15 is 0 Å². The van der Waals surface area contributed by atoms with Crippen LogP contribution >= 0.6 is 0 Å². The highest BCUT2D eigenvalue weighted by Gasteiger charge is 2.32. The number of esters is 1. The summed E-state index contributed by atoms with van der Waals surface area (Å²) in [5, 5.41) is 6.59. The lowest BCUT2D eigenvalue weighted by atomic mass is 9.84. The first-order valence-corrected chi connectivity index (χ1v) is 6.47. The molecule has 1 aromatic heterocycles. The maximum Gasteiger partial charge on any atom is 0.310 e. The number of hydrogen-bond donors (Lipinski definition) is 1. The van der Waals surface area contributed by atoms with Gasteiger partial charge < -0.3 is 14.6 Å². The van der Waals surface area contributed by atoms with Crippen LogP contribution in [0.3, 0.4) is 0 Å². The number of ether oxygens (including phenoxy) is 1. The molecule has 0 aromatic carbocycles. The molecule has 1 saturated carbocycles. The van der Waals surface area contributed by atoms with Gasteiger partial charge in [-0.3, -0.25) is 9.59 Å². The average molecular weight is 266 g/mol. The summed E-state index contributed by atoms with van der Waals surface area (Å²) in [6.45, 7) is 0. The first kappa shape index (κ1) is 13.6. The monoisotopic (exact) mass is 266 g/mol. The highest BCUT2D eigenvalue weighted by Crippen LogP contribution is 2.25. The van der Waals surface area contributed by atoms with E-state index in [1.807, 2.05) is 0 Å². The quantitative estimate of drug-likeness (QED) is 0.824. The number of carbonyl (C=O) groups excluding carboxylic acids is 2. The van der Waals surface area contributed by atoms with Gasteiger partial charge in [-0.1, -0.05) is 18.0 Å². The minimum absolute atomic E-state index is 0.138. The van der Waals surface area contributed by atoms with Gasteiger partial charge in [-0.05, 0) is 12.8 Å². The van der Waals surface area contributed by atoms with Gasteiger partial charge in [-0.25, -0.2) is 0 Å². The second-order valence-electron chi connectivity index (χ2n) is 4.76. The molecule has 1 aromatic rings. The van der Waals surface area contributed by atoms with Crippen LogP contribution in [-0.4, -0.2) is 30.2 Å². The SMILES string of the molecule is COC(=O)[C@H]1CCCC[C@@H]1NC(=O)Cc1ccon1. The molecule has 0 radical (unpaired) electrons. The van der Waals surface area contributed by atoms with Crippen molar-refractivity contribution < 1.29 is 18.8 Å². The molecule has 1 fully saturated rings. The molecule has 6 heteroatoms. The van der Waals surface area contributed by atoms with Crippen molar-refractivity contribution in [2.75, 3.05) is 7.11 Å². The van der Waals surface area contributed by atoms with Gasteiger partial charge in [0.1, 0.15) is 6.26 Å².